The Kier molecular flexibility index (Phi) is 5.99. The van der Waals surface area contributed by atoms with E-state index in [2.05, 4.69) is 14.6 Å². The third-order valence-electron chi connectivity index (χ3n) is 4.86. The van der Waals surface area contributed by atoms with Crippen molar-refractivity contribution in [3.8, 4) is 0 Å². The van der Waals surface area contributed by atoms with Gasteiger partial charge in [0, 0.05) is 18.7 Å². The summed E-state index contributed by atoms with van der Waals surface area (Å²) in [5.74, 6) is -1.01. The maximum atomic E-state index is 12.8. The largest absolute Gasteiger partial charge is 0.405 e. The minimum absolute atomic E-state index is 0.190. The summed E-state index contributed by atoms with van der Waals surface area (Å²) in [6.45, 7) is 0.397. The second-order valence-corrected chi connectivity index (χ2v) is 10.00. The molecule has 4 rings (SSSR count). The van der Waals surface area contributed by atoms with E-state index in [0.29, 0.717) is 5.69 Å². The van der Waals surface area contributed by atoms with Gasteiger partial charge in [-0.3, -0.25) is 9.52 Å². The standard InChI is InChI=1S/C20H19F3N4O3S2/c21-20(22,23)12-24-18(28)13-4-3-5-15(10-13)32(29,30)26-14-6-7-16-17(11-14)31-19(25-16)27-8-1-2-9-27/h3-7,10-11,26H,1-2,8-9,12H2,(H,24,28). The molecule has 12 heteroatoms. The van der Waals surface area contributed by atoms with Crippen LogP contribution in [0.4, 0.5) is 24.0 Å². The molecule has 1 amide bonds. The normalized spacial score (nSPS) is 14.7. The van der Waals surface area contributed by atoms with Gasteiger partial charge in [-0.05, 0) is 49.2 Å². The summed E-state index contributed by atoms with van der Waals surface area (Å²) in [6.07, 6.45) is -2.33. The highest BCUT2D eigenvalue weighted by atomic mass is 32.2. The molecule has 1 aliphatic heterocycles. The van der Waals surface area contributed by atoms with Gasteiger partial charge in [-0.15, -0.1) is 0 Å². The Balaban J connectivity index is 1.52. The van der Waals surface area contributed by atoms with Crippen LogP contribution >= 0.6 is 11.3 Å². The predicted octanol–water partition coefficient (Wildman–Crippen LogP) is 3.99. The molecule has 1 saturated heterocycles. The molecule has 1 fully saturated rings. The first-order chi connectivity index (χ1) is 15.1. The fraction of sp³-hybridized carbons (Fsp3) is 0.300. The third-order valence-corrected chi connectivity index (χ3v) is 7.32. The number of hydrogen-bond acceptors (Lipinski definition) is 6. The van der Waals surface area contributed by atoms with Gasteiger partial charge in [0.05, 0.1) is 20.8 Å². The molecule has 1 aliphatic rings. The van der Waals surface area contributed by atoms with E-state index < -0.39 is 28.7 Å². The first-order valence-electron chi connectivity index (χ1n) is 9.74. The summed E-state index contributed by atoms with van der Waals surface area (Å²) < 4.78 is 65.8. The smallest absolute Gasteiger partial charge is 0.348 e. The summed E-state index contributed by atoms with van der Waals surface area (Å²) >= 11 is 1.48. The number of benzene rings is 2. The molecule has 0 unspecified atom stereocenters. The first kappa shape index (κ1) is 22.3. The number of amides is 1. The molecule has 2 N–H and O–H groups in total. The molecule has 0 atom stereocenters. The van der Waals surface area contributed by atoms with E-state index in [-0.39, 0.29) is 10.5 Å². The van der Waals surface area contributed by atoms with Crippen molar-refractivity contribution in [3.05, 3.63) is 48.0 Å². The van der Waals surface area contributed by atoms with E-state index in [4.69, 9.17) is 0 Å². The van der Waals surface area contributed by atoms with E-state index >= 15 is 0 Å². The van der Waals surface area contributed by atoms with Crippen LogP contribution in [-0.4, -0.2) is 45.1 Å². The molecule has 2 aromatic carbocycles. The quantitative estimate of drug-likeness (QED) is 0.552. The van der Waals surface area contributed by atoms with Gasteiger partial charge in [0.25, 0.3) is 15.9 Å². The number of hydrogen-bond donors (Lipinski definition) is 2. The minimum atomic E-state index is -4.56. The monoisotopic (exact) mass is 484 g/mol. The van der Waals surface area contributed by atoms with Gasteiger partial charge in [-0.25, -0.2) is 13.4 Å². The van der Waals surface area contributed by atoms with Crippen molar-refractivity contribution >= 4 is 48.3 Å². The van der Waals surface area contributed by atoms with Crippen LogP contribution in [0.15, 0.2) is 47.4 Å². The number of nitrogens with zero attached hydrogens (tertiary/aromatic N) is 2. The number of sulfonamides is 1. The van der Waals surface area contributed by atoms with Gasteiger partial charge in [-0.2, -0.15) is 13.2 Å². The molecule has 3 aromatic rings. The Morgan fingerprint density at radius 1 is 1.12 bits per heavy atom. The van der Waals surface area contributed by atoms with Crippen molar-refractivity contribution in [3.63, 3.8) is 0 Å². The van der Waals surface area contributed by atoms with Gasteiger partial charge < -0.3 is 10.2 Å². The lowest BCUT2D eigenvalue weighted by Crippen LogP contribution is -2.33. The van der Waals surface area contributed by atoms with E-state index in [0.717, 1.165) is 47.3 Å². The van der Waals surface area contributed by atoms with Crippen LogP contribution in [0.3, 0.4) is 0 Å². The van der Waals surface area contributed by atoms with Gasteiger partial charge in [0.15, 0.2) is 5.13 Å². The second-order valence-electron chi connectivity index (χ2n) is 7.30. The van der Waals surface area contributed by atoms with Crippen molar-refractivity contribution < 1.29 is 26.4 Å². The van der Waals surface area contributed by atoms with Gasteiger partial charge in [-0.1, -0.05) is 17.4 Å². The molecule has 1 aromatic heterocycles. The van der Waals surface area contributed by atoms with Crippen LogP contribution in [0.25, 0.3) is 10.2 Å². The van der Waals surface area contributed by atoms with E-state index in [1.165, 1.54) is 29.5 Å². The number of rotatable bonds is 6. The molecular weight excluding hydrogens is 465 g/mol. The number of thiazole rings is 1. The molecule has 170 valence electrons. The molecule has 0 radical (unpaired) electrons. The molecule has 0 bridgehead atoms. The van der Waals surface area contributed by atoms with Gasteiger partial charge in [0.1, 0.15) is 6.54 Å². The molecule has 32 heavy (non-hydrogen) atoms. The average Bonchev–Trinajstić information content (AvgIpc) is 3.40. The number of alkyl halides is 3. The van der Waals surface area contributed by atoms with Crippen LogP contribution in [0.2, 0.25) is 0 Å². The van der Waals surface area contributed by atoms with Crippen LogP contribution in [-0.2, 0) is 10.0 Å². The van der Waals surface area contributed by atoms with Crippen LogP contribution in [0.1, 0.15) is 23.2 Å². The lowest BCUT2D eigenvalue weighted by molar-refractivity contribution is -0.123. The molecule has 0 saturated carbocycles. The number of anilines is 2. The van der Waals surface area contributed by atoms with E-state index in [1.54, 1.807) is 23.5 Å². The van der Waals surface area contributed by atoms with Gasteiger partial charge in [0.2, 0.25) is 0 Å². The van der Waals surface area contributed by atoms with Crippen molar-refractivity contribution in [2.24, 2.45) is 0 Å². The Hall–Kier alpha value is -2.86. The van der Waals surface area contributed by atoms with E-state index in [1.807, 2.05) is 0 Å². The molecular formula is C20H19F3N4O3S2. The number of fused-ring (bicyclic) bond motifs is 1. The Labute approximate surface area is 186 Å². The summed E-state index contributed by atoms with van der Waals surface area (Å²) in [7, 11) is -4.07. The molecule has 2 heterocycles. The highest BCUT2D eigenvalue weighted by Gasteiger charge is 2.28. The maximum Gasteiger partial charge on any atom is 0.405 e. The second kappa shape index (κ2) is 8.58. The number of carbonyl (C=O) groups is 1. The number of halogens is 3. The van der Waals surface area contributed by atoms with Crippen molar-refractivity contribution in [1.82, 2.24) is 10.3 Å². The number of aromatic nitrogens is 1. The number of nitrogens with one attached hydrogen (secondary N) is 2. The van der Waals surface area contributed by atoms with Crippen LogP contribution < -0.4 is 14.9 Å². The summed E-state index contributed by atoms with van der Waals surface area (Å²) in [4.78, 5) is 18.5. The average molecular weight is 485 g/mol. The SMILES string of the molecule is O=C(NCC(F)(F)F)c1cccc(S(=O)(=O)Nc2ccc3nc(N4CCCC4)sc3c2)c1. The topological polar surface area (TPSA) is 91.4 Å². The van der Waals surface area contributed by atoms with Crippen LogP contribution in [0, 0.1) is 0 Å². The minimum Gasteiger partial charge on any atom is -0.348 e. The molecule has 0 aliphatic carbocycles. The summed E-state index contributed by atoms with van der Waals surface area (Å²) in [5.41, 5.74) is 0.898. The summed E-state index contributed by atoms with van der Waals surface area (Å²) in [6, 6.07) is 9.84. The maximum absolute atomic E-state index is 12.8. The van der Waals surface area contributed by atoms with Crippen molar-refractivity contribution in [1.29, 1.82) is 0 Å². The Morgan fingerprint density at radius 2 is 1.88 bits per heavy atom. The number of carbonyl (C=O) groups excluding carboxylic acids is 1. The lowest BCUT2D eigenvalue weighted by atomic mass is 10.2. The van der Waals surface area contributed by atoms with Crippen molar-refractivity contribution in [2.45, 2.75) is 23.9 Å². The van der Waals surface area contributed by atoms with Gasteiger partial charge >= 0.3 is 6.18 Å². The zero-order valence-corrected chi connectivity index (χ0v) is 18.3. The zero-order valence-electron chi connectivity index (χ0n) is 16.6. The Morgan fingerprint density at radius 3 is 2.59 bits per heavy atom. The predicted molar refractivity (Wildman–Crippen MR) is 117 cm³/mol. The fourth-order valence-electron chi connectivity index (χ4n) is 3.32. The van der Waals surface area contributed by atoms with Crippen LogP contribution in [0.5, 0.6) is 0 Å². The first-order valence-corrected chi connectivity index (χ1v) is 12.0. The van der Waals surface area contributed by atoms with Crippen molar-refractivity contribution in [2.75, 3.05) is 29.3 Å². The van der Waals surface area contributed by atoms with E-state index in [9.17, 15) is 26.4 Å². The molecule has 7 nitrogen and oxygen atoms in total. The Bertz CT molecular complexity index is 1250. The summed E-state index contributed by atoms with van der Waals surface area (Å²) in [5, 5.41) is 2.62. The highest BCUT2D eigenvalue weighted by Crippen LogP contribution is 2.33. The zero-order chi connectivity index (χ0) is 22.9. The molecule has 0 spiro atoms. The lowest BCUT2D eigenvalue weighted by Gasteiger charge is -2.11. The highest BCUT2D eigenvalue weighted by molar-refractivity contribution is 7.92. The fourth-order valence-corrected chi connectivity index (χ4v) is 5.47. The third kappa shape index (κ3) is 5.13.